The number of aliphatic hydroxyl groups is 1. The van der Waals surface area contributed by atoms with Gasteiger partial charge in [-0.1, -0.05) is 48.3 Å². The Hall–Kier alpha value is -4.21. The van der Waals surface area contributed by atoms with E-state index < -0.39 is 29.1 Å². The van der Waals surface area contributed by atoms with Crippen LogP contribution in [-0.2, 0) is 23.5 Å². The van der Waals surface area contributed by atoms with Gasteiger partial charge in [-0.25, -0.2) is 18.3 Å². The molecule has 0 bridgehead atoms. The molecule has 2 atom stereocenters. The molecular weight excluding hydrogens is 631 g/mol. The van der Waals surface area contributed by atoms with E-state index in [1.165, 1.54) is 35.3 Å². The molecule has 44 heavy (non-hydrogen) atoms. The van der Waals surface area contributed by atoms with Crippen LogP contribution in [0.3, 0.4) is 0 Å². The third kappa shape index (κ3) is 6.64. The van der Waals surface area contributed by atoms with E-state index >= 15 is 4.39 Å². The number of rotatable bonds is 9. The minimum atomic E-state index is -1.89. The Morgan fingerprint density at radius 2 is 1.89 bits per heavy atom. The van der Waals surface area contributed by atoms with Crippen molar-refractivity contribution >= 4 is 40.5 Å². The van der Waals surface area contributed by atoms with Gasteiger partial charge in [0.1, 0.15) is 23.8 Å². The zero-order valence-electron chi connectivity index (χ0n) is 23.3. The van der Waals surface area contributed by atoms with Crippen molar-refractivity contribution in [1.29, 1.82) is 5.26 Å². The summed E-state index contributed by atoms with van der Waals surface area (Å²) in [5, 5.41) is 28.3. The van der Waals surface area contributed by atoms with Crippen LogP contribution in [0, 0.1) is 23.0 Å². The third-order valence-electron chi connectivity index (χ3n) is 7.02. The molecule has 3 aromatic carbocycles. The van der Waals surface area contributed by atoms with Gasteiger partial charge in [-0.3, -0.25) is 4.79 Å². The summed E-state index contributed by atoms with van der Waals surface area (Å²) in [6.45, 7) is 3.05. The molecule has 0 radical (unpaired) electrons. The zero-order valence-corrected chi connectivity index (χ0v) is 25.7. The Balaban J connectivity index is 1.44. The minimum absolute atomic E-state index is 0.0650. The van der Waals surface area contributed by atoms with Crippen molar-refractivity contribution in [2.45, 2.75) is 38.5 Å². The molecule has 0 spiro atoms. The Morgan fingerprint density at radius 3 is 2.52 bits per heavy atom. The van der Waals surface area contributed by atoms with E-state index in [-0.39, 0.29) is 34.4 Å². The first-order valence-corrected chi connectivity index (χ1v) is 14.8. The lowest BCUT2D eigenvalue weighted by atomic mass is 9.82. The number of carbonyl (C=O) groups is 1. The highest BCUT2D eigenvalue weighted by atomic mass is 35.5. The monoisotopic (exact) mass is 654 g/mol. The normalized spacial score (nSPS) is 13.2. The van der Waals surface area contributed by atoms with Crippen molar-refractivity contribution in [3.8, 4) is 23.1 Å². The molecule has 5 aromatic rings. The Kier molecular flexibility index (Phi) is 9.08. The number of aromatic nitrogens is 4. The number of nitrogens with zero attached hydrogens (tertiary/aromatic N) is 5. The molecule has 224 valence electrons. The van der Waals surface area contributed by atoms with E-state index in [9.17, 15) is 14.3 Å². The summed E-state index contributed by atoms with van der Waals surface area (Å²) in [6, 6.07) is 15.3. The number of esters is 1. The van der Waals surface area contributed by atoms with Crippen LogP contribution in [0.15, 0.2) is 72.6 Å². The van der Waals surface area contributed by atoms with Crippen LogP contribution >= 0.6 is 34.5 Å². The van der Waals surface area contributed by atoms with Crippen molar-refractivity contribution in [3.63, 3.8) is 0 Å². The number of halogens is 4. The van der Waals surface area contributed by atoms with Crippen LogP contribution < -0.4 is 9.30 Å². The first-order chi connectivity index (χ1) is 21.0. The molecule has 0 fully saturated rings. The third-order valence-corrected chi connectivity index (χ3v) is 8.61. The van der Waals surface area contributed by atoms with Gasteiger partial charge in [0.05, 0.1) is 38.9 Å². The fourth-order valence-electron chi connectivity index (χ4n) is 4.76. The van der Waals surface area contributed by atoms with E-state index in [1.54, 1.807) is 54.2 Å². The quantitative estimate of drug-likeness (QED) is 0.112. The molecule has 0 saturated carbocycles. The number of carbonyl (C=O) groups excluding carboxylic acids is 1. The maximum atomic E-state index is 15.2. The molecule has 13 heteroatoms. The van der Waals surface area contributed by atoms with Gasteiger partial charge in [-0.2, -0.15) is 5.26 Å². The van der Waals surface area contributed by atoms with Gasteiger partial charge in [0.2, 0.25) is 6.33 Å². The average molecular weight is 656 g/mol. The van der Waals surface area contributed by atoms with E-state index in [0.717, 1.165) is 17.7 Å². The molecule has 1 N–H and O–H groups in total. The second-order valence-electron chi connectivity index (χ2n) is 10.1. The van der Waals surface area contributed by atoms with Crippen LogP contribution in [0.5, 0.6) is 5.75 Å². The van der Waals surface area contributed by atoms with Crippen molar-refractivity contribution in [1.82, 2.24) is 14.8 Å². The molecule has 2 unspecified atom stereocenters. The SMILES string of the molecule is CC(=O)Oc1c(Cl)cc(C[n+]2cnn(CC(O)(c3ccc(F)cc3F)C(C)c3nc(-c4ccc(C#N)cc4)cs3)c2)cc1Cl. The molecular formula is C31H24Cl2F2N5O3S+. The van der Waals surface area contributed by atoms with Gasteiger partial charge >= 0.3 is 5.97 Å². The highest BCUT2D eigenvalue weighted by Gasteiger charge is 2.43. The van der Waals surface area contributed by atoms with Gasteiger partial charge in [-0.15, -0.1) is 16.0 Å². The summed E-state index contributed by atoms with van der Waals surface area (Å²) >= 11 is 13.8. The topological polar surface area (TPSA) is 105 Å². The second kappa shape index (κ2) is 12.8. The van der Waals surface area contributed by atoms with Crippen LogP contribution in [0.2, 0.25) is 10.0 Å². The fourth-order valence-corrected chi connectivity index (χ4v) is 6.34. The van der Waals surface area contributed by atoms with E-state index in [1.807, 2.05) is 5.38 Å². The number of benzene rings is 3. The number of hydrogen-bond acceptors (Lipinski definition) is 7. The van der Waals surface area contributed by atoms with Crippen molar-refractivity contribution in [2.75, 3.05) is 0 Å². The van der Waals surface area contributed by atoms with E-state index in [4.69, 9.17) is 38.2 Å². The highest BCUT2D eigenvalue weighted by Crippen LogP contribution is 2.41. The summed E-state index contributed by atoms with van der Waals surface area (Å²) in [6.07, 6.45) is 3.13. The highest BCUT2D eigenvalue weighted by molar-refractivity contribution is 7.10. The summed E-state index contributed by atoms with van der Waals surface area (Å²) in [5.74, 6) is -2.91. The number of hydrogen-bond donors (Lipinski definition) is 1. The van der Waals surface area contributed by atoms with Crippen LogP contribution in [0.25, 0.3) is 11.3 Å². The first kappa shape index (κ1) is 31.2. The predicted molar refractivity (Wildman–Crippen MR) is 160 cm³/mol. The molecule has 0 aliphatic rings. The maximum Gasteiger partial charge on any atom is 0.308 e. The Labute approximate surface area is 265 Å². The lowest BCUT2D eigenvalue weighted by Gasteiger charge is -2.32. The smallest absolute Gasteiger partial charge is 0.308 e. The standard InChI is InChI=1S/C31H24Cl2F2N5O3S/c1-18(30-38-28(14-44-30)22-5-3-20(12-36)4-6-22)31(42,24-8-7-23(34)11-27(24)35)15-40-17-39(16-37-40)13-21-9-25(32)29(26(33)10-21)43-19(2)41/h3-11,14,16-18,42H,13,15H2,1-2H3/q+1. The van der Waals surface area contributed by atoms with E-state index in [0.29, 0.717) is 21.8 Å². The zero-order chi connectivity index (χ0) is 31.6. The van der Waals surface area contributed by atoms with Crippen molar-refractivity contribution in [2.24, 2.45) is 0 Å². The van der Waals surface area contributed by atoms with Crippen LogP contribution in [0.4, 0.5) is 8.78 Å². The summed E-state index contributed by atoms with van der Waals surface area (Å²) in [4.78, 5) is 16.1. The summed E-state index contributed by atoms with van der Waals surface area (Å²) in [7, 11) is 0. The van der Waals surface area contributed by atoms with Crippen LogP contribution in [0.1, 0.15) is 41.5 Å². The van der Waals surface area contributed by atoms with Crippen molar-refractivity contribution < 1.29 is 28.0 Å². The summed E-state index contributed by atoms with van der Waals surface area (Å²) < 4.78 is 37.3. The summed E-state index contributed by atoms with van der Waals surface area (Å²) in [5.41, 5.74) is 0.622. The van der Waals surface area contributed by atoms with Crippen LogP contribution in [-0.4, -0.2) is 25.8 Å². The fraction of sp³-hybridized carbons (Fsp3) is 0.194. The molecule has 8 nitrogen and oxygen atoms in total. The molecule has 2 heterocycles. The lowest BCUT2D eigenvalue weighted by Crippen LogP contribution is -2.39. The van der Waals surface area contributed by atoms with Gasteiger partial charge in [0.15, 0.2) is 5.75 Å². The largest absolute Gasteiger partial charge is 0.424 e. The first-order valence-electron chi connectivity index (χ1n) is 13.2. The van der Waals surface area contributed by atoms with Crippen molar-refractivity contribution in [3.05, 3.63) is 116 Å². The molecule has 0 amide bonds. The Bertz CT molecular complexity index is 1870. The number of thiazole rings is 1. The number of nitriles is 1. The van der Waals surface area contributed by atoms with Gasteiger partial charge < -0.3 is 9.84 Å². The predicted octanol–water partition coefficient (Wildman–Crippen LogP) is 6.42. The molecule has 0 aliphatic carbocycles. The molecule has 5 rings (SSSR count). The van der Waals surface area contributed by atoms with Gasteiger partial charge in [0.25, 0.3) is 6.33 Å². The number of ether oxygens (including phenoxy) is 1. The van der Waals surface area contributed by atoms with Gasteiger partial charge in [0, 0.05) is 40.5 Å². The Morgan fingerprint density at radius 1 is 1.18 bits per heavy atom. The second-order valence-corrected chi connectivity index (χ2v) is 11.8. The molecule has 0 saturated heterocycles. The molecule has 2 aromatic heterocycles. The molecule has 0 aliphatic heterocycles. The maximum absolute atomic E-state index is 15.2. The van der Waals surface area contributed by atoms with E-state index in [2.05, 4.69) is 11.2 Å². The average Bonchev–Trinajstić information content (AvgIpc) is 3.64. The van der Waals surface area contributed by atoms with Gasteiger partial charge in [-0.05, 0) is 35.9 Å². The minimum Gasteiger partial charge on any atom is -0.424 e. The lowest BCUT2D eigenvalue weighted by molar-refractivity contribution is -0.689.